The van der Waals surface area contributed by atoms with E-state index in [-0.39, 0.29) is 12.3 Å². The van der Waals surface area contributed by atoms with Gasteiger partial charge in [-0.2, -0.15) is 0 Å². The van der Waals surface area contributed by atoms with Crippen LogP contribution in [0.4, 0.5) is 5.13 Å². The van der Waals surface area contributed by atoms with E-state index in [0.717, 1.165) is 28.4 Å². The lowest BCUT2D eigenvalue weighted by Crippen LogP contribution is -2.14. The highest BCUT2D eigenvalue weighted by Gasteiger charge is 2.14. The van der Waals surface area contributed by atoms with Crippen LogP contribution in [-0.2, 0) is 24.1 Å². The summed E-state index contributed by atoms with van der Waals surface area (Å²) in [6.07, 6.45) is 3.87. The number of anilines is 1. The van der Waals surface area contributed by atoms with Gasteiger partial charge in [0.1, 0.15) is 0 Å². The van der Waals surface area contributed by atoms with Crippen LogP contribution in [0, 0.1) is 6.92 Å². The van der Waals surface area contributed by atoms with Crippen molar-refractivity contribution >= 4 is 33.7 Å². The van der Waals surface area contributed by atoms with Crippen LogP contribution in [0.1, 0.15) is 28.2 Å². The zero-order chi connectivity index (χ0) is 16.5. The van der Waals surface area contributed by atoms with Crippen molar-refractivity contribution < 1.29 is 4.79 Å². The molecule has 2 heterocycles. The van der Waals surface area contributed by atoms with E-state index in [1.807, 2.05) is 17.7 Å². The summed E-state index contributed by atoms with van der Waals surface area (Å²) in [6.45, 7) is 1.94. The van der Waals surface area contributed by atoms with E-state index in [4.69, 9.17) is 0 Å². The number of nitrogens with zero attached hydrogens (tertiary/aromatic N) is 2. The molecule has 24 heavy (non-hydrogen) atoms. The Morgan fingerprint density at radius 1 is 1.17 bits per heavy atom. The third-order valence-corrected chi connectivity index (χ3v) is 5.73. The summed E-state index contributed by atoms with van der Waals surface area (Å²) < 4.78 is 0. The first-order valence-corrected chi connectivity index (χ1v) is 9.72. The van der Waals surface area contributed by atoms with Crippen molar-refractivity contribution in [1.29, 1.82) is 0 Å². The second-order valence-electron chi connectivity index (χ2n) is 5.96. The predicted molar refractivity (Wildman–Crippen MR) is 98.8 cm³/mol. The number of carbonyl (C=O) groups excluding carboxylic acids is 1. The highest BCUT2D eigenvalue weighted by atomic mass is 32.1. The van der Waals surface area contributed by atoms with Crippen LogP contribution in [0.3, 0.4) is 0 Å². The number of aryl methyl sites for hydroxylation is 3. The normalized spacial score (nSPS) is 13.0. The number of rotatable bonds is 4. The fourth-order valence-electron chi connectivity index (χ4n) is 3.01. The molecule has 6 heteroatoms. The molecule has 3 aromatic rings. The fraction of sp³-hybridized carbons (Fsp3) is 0.278. The molecule has 1 aromatic carbocycles. The first-order chi connectivity index (χ1) is 11.7. The second-order valence-corrected chi connectivity index (χ2v) is 7.88. The number of thiazole rings is 2. The Balaban J connectivity index is 1.45. The molecule has 1 amide bonds. The molecule has 0 spiro atoms. The molecule has 0 atom stereocenters. The van der Waals surface area contributed by atoms with Crippen LogP contribution >= 0.6 is 22.7 Å². The van der Waals surface area contributed by atoms with Crippen molar-refractivity contribution in [1.82, 2.24) is 9.97 Å². The summed E-state index contributed by atoms with van der Waals surface area (Å²) in [5.41, 5.74) is 5.76. The highest BCUT2D eigenvalue weighted by Crippen LogP contribution is 2.30. The lowest BCUT2D eigenvalue weighted by atomic mass is 10.1. The van der Waals surface area contributed by atoms with Gasteiger partial charge in [0.25, 0.3) is 0 Å². The van der Waals surface area contributed by atoms with Crippen LogP contribution < -0.4 is 5.32 Å². The topological polar surface area (TPSA) is 54.9 Å². The maximum atomic E-state index is 12.1. The Morgan fingerprint density at radius 2 is 2.04 bits per heavy atom. The zero-order valence-electron chi connectivity index (χ0n) is 13.3. The number of carbonyl (C=O) groups is 1. The minimum atomic E-state index is -0.0739. The number of hydrogen-bond acceptors (Lipinski definition) is 5. The SMILES string of the molecule is Cc1nc(CC(=O)Nc2nc(-c3ccc4c(c3)CCC4)cs2)cs1. The molecule has 1 N–H and O–H groups in total. The Labute approximate surface area is 148 Å². The summed E-state index contributed by atoms with van der Waals surface area (Å²) in [5.74, 6) is -0.0739. The number of hydrogen-bond donors (Lipinski definition) is 1. The van der Waals surface area contributed by atoms with E-state index < -0.39 is 0 Å². The Morgan fingerprint density at radius 3 is 2.88 bits per heavy atom. The lowest BCUT2D eigenvalue weighted by Gasteiger charge is -2.02. The molecule has 2 aromatic heterocycles. The van der Waals surface area contributed by atoms with Gasteiger partial charge in [0, 0.05) is 16.3 Å². The molecule has 0 aliphatic heterocycles. The van der Waals surface area contributed by atoms with Crippen molar-refractivity contribution in [2.75, 3.05) is 5.32 Å². The third kappa shape index (κ3) is 3.25. The molecule has 0 radical (unpaired) electrons. The molecule has 0 unspecified atom stereocenters. The van der Waals surface area contributed by atoms with Gasteiger partial charge in [-0.15, -0.1) is 22.7 Å². The van der Waals surface area contributed by atoms with Crippen molar-refractivity contribution in [2.24, 2.45) is 0 Å². The number of nitrogens with one attached hydrogen (secondary N) is 1. The minimum absolute atomic E-state index is 0.0739. The van der Waals surface area contributed by atoms with Crippen molar-refractivity contribution in [3.63, 3.8) is 0 Å². The molecule has 1 aliphatic carbocycles. The Bertz CT molecular complexity index is 897. The minimum Gasteiger partial charge on any atom is -0.302 e. The molecule has 1 aliphatic rings. The molecular formula is C18H17N3OS2. The molecular weight excluding hydrogens is 338 g/mol. The predicted octanol–water partition coefficient (Wildman–Crippen LogP) is 4.24. The third-order valence-electron chi connectivity index (χ3n) is 4.15. The fourth-order valence-corrected chi connectivity index (χ4v) is 4.36. The average molecular weight is 355 g/mol. The molecule has 122 valence electrons. The Kier molecular flexibility index (Phi) is 4.16. The van der Waals surface area contributed by atoms with Crippen LogP contribution in [0.15, 0.2) is 29.0 Å². The van der Waals surface area contributed by atoms with Gasteiger partial charge >= 0.3 is 0 Å². The van der Waals surface area contributed by atoms with E-state index in [1.54, 1.807) is 11.3 Å². The lowest BCUT2D eigenvalue weighted by molar-refractivity contribution is -0.115. The van der Waals surface area contributed by atoms with Crippen molar-refractivity contribution in [3.05, 3.63) is 50.8 Å². The van der Waals surface area contributed by atoms with Crippen molar-refractivity contribution in [3.8, 4) is 11.3 Å². The largest absolute Gasteiger partial charge is 0.302 e. The summed E-state index contributed by atoms with van der Waals surface area (Å²) in [4.78, 5) is 21.0. The van der Waals surface area contributed by atoms with Crippen LogP contribution in [0.2, 0.25) is 0 Å². The molecule has 4 rings (SSSR count). The first-order valence-electron chi connectivity index (χ1n) is 7.96. The van der Waals surface area contributed by atoms with Crippen LogP contribution in [0.25, 0.3) is 11.3 Å². The van der Waals surface area contributed by atoms with Gasteiger partial charge in [0.15, 0.2) is 5.13 Å². The van der Waals surface area contributed by atoms with E-state index in [9.17, 15) is 4.79 Å². The maximum Gasteiger partial charge on any atom is 0.232 e. The molecule has 0 bridgehead atoms. The summed E-state index contributed by atoms with van der Waals surface area (Å²) in [5, 5.41) is 8.42. The quantitative estimate of drug-likeness (QED) is 0.761. The van der Waals surface area contributed by atoms with Gasteiger partial charge < -0.3 is 5.32 Å². The second kappa shape index (κ2) is 6.45. The number of amides is 1. The van der Waals surface area contributed by atoms with Gasteiger partial charge in [0.2, 0.25) is 5.91 Å². The summed E-state index contributed by atoms with van der Waals surface area (Å²) >= 11 is 3.02. The molecule has 4 nitrogen and oxygen atoms in total. The van der Waals surface area contributed by atoms with Gasteiger partial charge in [-0.05, 0) is 43.4 Å². The highest BCUT2D eigenvalue weighted by molar-refractivity contribution is 7.14. The summed E-state index contributed by atoms with van der Waals surface area (Å²) in [7, 11) is 0. The van der Waals surface area contributed by atoms with Crippen LogP contribution in [0.5, 0.6) is 0 Å². The molecule has 0 saturated carbocycles. The number of benzene rings is 1. The van der Waals surface area contributed by atoms with E-state index in [0.29, 0.717) is 5.13 Å². The molecule has 0 saturated heterocycles. The van der Waals surface area contributed by atoms with Gasteiger partial charge in [0.05, 0.1) is 22.8 Å². The summed E-state index contributed by atoms with van der Waals surface area (Å²) in [6, 6.07) is 6.57. The number of aromatic nitrogens is 2. The van der Waals surface area contributed by atoms with Gasteiger partial charge in [-0.3, -0.25) is 4.79 Å². The maximum absolute atomic E-state index is 12.1. The van der Waals surface area contributed by atoms with Gasteiger partial charge in [-0.25, -0.2) is 9.97 Å². The zero-order valence-corrected chi connectivity index (χ0v) is 15.0. The van der Waals surface area contributed by atoms with E-state index >= 15 is 0 Å². The smallest absolute Gasteiger partial charge is 0.232 e. The van der Waals surface area contributed by atoms with Gasteiger partial charge in [-0.1, -0.05) is 12.1 Å². The number of fused-ring (bicyclic) bond motifs is 1. The monoisotopic (exact) mass is 355 g/mol. The standard InChI is InChI=1S/C18H17N3OS2/c1-11-19-15(9-23-11)8-17(22)21-18-20-16(10-24-18)14-6-5-12-3-2-4-13(12)7-14/h5-7,9-10H,2-4,8H2,1H3,(H,20,21,22). The molecule has 0 fully saturated rings. The van der Waals surface area contributed by atoms with E-state index in [2.05, 4.69) is 33.5 Å². The van der Waals surface area contributed by atoms with Crippen LogP contribution in [-0.4, -0.2) is 15.9 Å². The Hall–Kier alpha value is -2.05. The van der Waals surface area contributed by atoms with E-state index in [1.165, 1.54) is 35.3 Å². The average Bonchev–Trinajstić information content (AvgIpc) is 3.27. The first kappa shape index (κ1) is 15.5. The van der Waals surface area contributed by atoms with Crippen molar-refractivity contribution in [2.45, 2.75) is 32.6 Å².